The van der Waals surface area contributed by atoms with Crippen LogP contribution in [-0.4, -0.2) is 45.3 Å². The first-order chi connectivity index (χ1) is 17.3. The number of benzene rings is 1. The van der Waals surface area contributed by atoms with E-state index in [1.54, 1.807) is 12.1 Å². The number of rotatable bonds is 7. The van der Waals surface area contributed by atoms with Gasteiger partial charge in [-0.3, -0.25) is 9.78 Å². The lowest BCUT2D eigenvalue weighted by atomic mass is 9.80. The van der Waals surface area contributed by atoms with Gasteiger partial charge in [0.25, 0.3) is 0 Å². The Labute approximate surface area is 205 Å². The minimum Gasteiger partial charge on any atom is -0.481 e. The highest BCUT2D eigenvalue weighted by molar-refractivity contribution is 5.91. The summed E-state index contributed by atoms with van der Waals surface area (Å²) in [5.74, 6) is -2.59. The molecule has 0 saturated heterocycles. The van der Waals surface area contributed by atoms with Crippen LogP contribution in [0.1, 0.15) is 42.9 Å². The molecule has 1 amide bonds. The van der Waals surface area contributed by atoms with Crippen molar-refractivity contribution in [2.75, 3.05) is 7.11 Å². The molecule has 3 aromatic rings. The maximum atomic E-state index is 14.7. The van der Waals surface area contributed by atoms with Gasteiger partial charge in [-0.2, -0.15) is 0 Å². The van der Waals surface area contributed by atoms with E-state index in [2.05, 4.69) is 15.3 Å². The van der Waals surface area contributed by atoms with E-state index in [0.717, 1.165) is 30.5 Å². The summed E-state index contributed by atoms with van der Waals surface area (Å²) in [4.78, 5) is 20.4. The highest BCUT2D eigenvalue weighted by Gasteiger charge is 2.34. The third kappa shape index (κ3) is 5.66. The molecule has 1 aliphatic carbocycles. The highest BCUT2D eigenvalue weighted by Crippen LogP contribution is 2.35. The van der Waals surface area contributed by atoms with Crippen LogP contribution in [-0.2, 0) is 4.79 Å². The van der Waals surface area contributed by atoms with Crippen LogP contribution < -0.4 is 10.1 Å². The molecule has 1 fully saturated rings. The zero-order valence-corrected chi connectivity index (χ0v) is 19.5. The van der Waals surface area contributed by atoms with Crippen molar-refractivity contribution in [3.8, 4) is 5.88 Å². The largest absolute Gasteiger partial charge is 0.481 e. The first-order valence-electron chi connectivity index (χ1n) is 11.6. The molecule has 2 heterocycles. The van der Waals surface area contributed by atoms with Crippen molar-refractivity contribution < 1.29 is 32.9 Å². The Bertz CT molecular complexity index is 1280. The normalized spacial score (nSPS) is 19.8. The summed E-state index contributed by atoms with van der Waals surface area (Å²) in [5.41, 5.74) is 0.296. The number of hydrogen-bond donors (Lipinski definition) is 3. The second kappa shape index (κ2) is 11.0. The molecule has 0 aliphatic heterocycles. The number of aromatic nitrogens is 2. The van der Waals surface area contributed by atoms with Crippen LogP contribution in [0.25, 0.3) is 17.1 Å². The number of aliphatic hydroxyl groups is 2. The predicted molar refractivity (Wildman–Crippen MR) is 126 cm³/mol. The van der Waals surface area contributed by atoms with Crippen molar-refractivity contribution in [2.24, 2.45) is 5.92 Å². The second-order valence-electron chi connectivity index (χ2n) is 8.80. The van der Waals surface area contributed by atoms with Gasteiger partial charge in [0.05, 0.1) is 24.9 Å². The van der Waals surface area contributed by atoms with Gasteiger partial charge in [0.15, 0.2) is 0 Å². The Morgan fingerprint density at radius 1 is 1.11 bits per heavy atom. The minimum atomic E-state index is -1.53. The van der Waals surface area contributed by atoms with Crippen LogP contribution in [0.2, 0.25) is 0 Å². The Morgan fingerprint density at radius 3 is 2.58 bits per heavy atom. The number of pyridine rings is 2. The van der Waals surface area contributed by atoms with Gasteiger partial charge in [0, 0.05) is 29.3 Å². The van der Waals surface area contributed by atoms with E-state index in [-0.39, 0.29) is 34.5 Å². The molecular weight excluding hydrogens is 475 g/mol. The van der Waals surface area contributed by atoms with E-state index >= 15 is 0 Å². The summed E-state index contributed by atoms with van der Waals surface area (Å²) in [6.07, 6.45) is 2.54. The van der Waals surface area contributed by atoms with Gasteiger partial charge in [-0.25, -0.2) is 18.2 Å². The van der Waals surface area contributed by atoms with Gasteiger partial charge in [0.1, 0.15) is 29.1 Å². The first-order valence-corrected chi connectivity index (χ1v) is 11.6. The number of nitrogens with zero attached hydrogens (tertiary/aromatic N) is 2. The van der Waals surface area contributed by atoms with Crippen molar-refractivity contribution in [3.05, 3.63) is 71.2 Å². The molecule has 2 aromatic heterocycles. The Kier molecular flexibility index (Phi) is 7.85. The second-order valence-corrected chi connectivity index (χ2v) is 8.80. The molecule has 0 spiro atoms. The van der Waals surface area contributed by atoms with Crippen molar-refractivity contribution in [1.82, 2.24) is 15.3 Å². The molecule has 4 rings (SSSR count). The number of nitrogens with one attached hydrogen (secondary N) is 1. The van der Waals surface area contributed by atoms with Crippen LogP contribution in [0.3, 0.4) is 0 Å². The van der Waals surface area contributed by atoms with E-state index in [0.29, 0.717) is 31.2 Å². The first kappa shape index (κ1) is 25.6. The number of carbonyl (C=O) groups is 1. The van der Waals surface area contributed by atoms with E-state index < -0.39 is 35.6 Å². The van der Waals surface area contributed by atoms with Crippen LogP contribution in [0.5, 0.6) is 5.88 Å². The summed E-state index contributed by atoms with van der Waals surface area (Å²) in [6.45, 7) is 0. The fraction of sp³-hybridized carbons (Fsp3) is 0.346. The van der Waals surface area contributed by atoms with Gasteiger partial charge >= 0.3 is 0 Å². The summed E-state index contributed by atoms with van der Waals surface area (Å²) in [5, 5.41) is 24.6. The monoisotopic (exact) mass is 501 g/mol. The average Bonchev–Trinajstić information content (AvgIpc) is 2.88. The summed E-state index contributed by atoms with van der Waals surface area (Å²) in [6, 6.07) is 5.95. The number of amides is 1. The number of fused-ring (bicyclic) bond motifs is 1. The van der Waals surface area contributed by atoms with Crippen molar-refractivity contribution in [3.63, 3.8) is 0 Å². The molecule has 2 unspecified atom stereocenters. The number of carbonyl (C=O) groups excluding carboxylic acids is 1. The Morgan fingerprint density at radius 2 is 1.86 bits per heavy atom. The van der Waals surface area contributed by atoms with Gasteiger partial charge in [-0.1, -0.05) is 0 Å². The molecule has 1 aliphatic rings. The van der Waals surface area contributed by atoms with Gasteiger partial charge in [-0.15, -0.1) is 0 Å². The SMILES string of the molecule is COc1ccc2ncc(F)c(C(O)C(O)C3CCC(NC(=O)C=Cc4cc(F)ccc4F)CC3)c2n1. The maximum Gasteiger partial charge on any atom is 0.244 e. The van der Waals surface area contributed by atoms with Crippen LogP contribution >= 0.6 is 0 Å². The topological polar surface area (TPSA) is 105 Å². The van der Waals surface area contributed by atoms with E-state index in [1.807, 2.05) is 0 Å². The number of hydrogen-bond acceptors (Lipinski definition) is 6. The zero-order chi connectivity index (χ0) is 25.8. The van der Waals surface area contributed by atoms with E-state index in [1.165, 1.54) is 13.2 Å². The molecule has 1 aromatic carbocycles. The predicted octanol–water partition coefficient (Wildman–Crippen LogP) is 3.84. The standard InChI is InChI=1S/C26H26F3N3O4/c1-36-22-11-9-20-24(32-22)23(19(29)13-30-20)26(35)25(34)14-2-6-17(7-3-14)31-21(33)10-4-15-12-16(27)5-8-18(15)28/h4-5,8-14,17,25-26,34-35H,2-3,6-7H2,1H3,(H,31,33). The molecule has 3 N–H and O–H groups in total. The molecule has 190 valence electrons. The van der Waals surface area contributed by atoms with E-state index in [4.69, 9.17) is 4.74 Å². The highest BCUT2D eigenvalue weighted by atomic mass is 19.1. The van der Waals surface area contributed by atoms with Crippen LogP contribution in [0.4, 0.5) is 13.2 Å². The smallest absolute Gasteiger partial charge is 0.244 e. The average molecular weight is 502 g/mol. The molecular formula is C26H26F3N3O4. The van der Waals surface area contributed by atoms with Gasteiger partial charge in [0.2, 0.25) is 11.8 Å². The molecule has 0 radical (unpaired) electrons. The minimum absolute atomic E-state index is 0.0334. The third-order valence-corrected chi connectivity index (χ3v) is 6.48. The number of ether oxygens (including phenoxy) is 1. The Balaban J connectivity index is 1.37. The number of halogens is 3. The molecule has 7 nitrogen and oxygen atoms in total. The van der Waals surface area contributed by atoms with Gasteiger partial charge in [-0.05, 0) is 61.9 Å². The Hall–Kier alpha value is -3.50. The molecule has 1 saturated carbocycles. The maximum absolute atomic E-state index is 14.7. The fourth-order valence-corrected chi connectivity index (χ4v) is 4.53. The fourth-order valence-electron chi connectivity index (χ4n) is 4.53. The van der Waals surface area contributed by atoms with Crippen LogP contribution in [0.15, 0.2) is 42.6 Å². The zero-order valence-electron chi connectivity index (χ0n) is 19.5. The lowest BCUT2D eigenvalue weighted by Crippen LogP contribution is -2.40. The molecule has 0 bridgehead atoms. The van der Waals surface area contributed by atoms with Gasteiger partial charge < -0.3 is 20.3 Å². The lowest BCUT2D eigenvalue weighted by molar-refractivity contribution is -0.117. The summed E-state index contributed by atoms with van der Waals surface area (Å²) in [7, 11) is 1.42. The molecule has 2 atom stereocenters. The van der Waals surface area contributed by atoms with Crippen molar-refractivity contribution >= 4 is 23.0 Å². The summed E-state index contributed by atoms with van der Waals surface area (Å²) < 4.78 is 46.7. The molecule has 10 heteroatoms. The summed E-state index contributed by atoms with van der Waals surface area (Å²) >= 11 is 0. The van der Waals surface area contributed by atoms with Crippen LogP contribution in [0, 0.1) is 23.4 Å². The quantitative estimate of drug-likeness (QED) is 0.425. The number of aliphatic hydroxyl groups excluding tert-OH is 2. The van der Waals surface area contributed by atoms with E-state index in [9.17, 15) is 28.2 Å². The number of methoxy groups -OCH3 is 1. The molecule has 36 heavy (non-hydrogen) atoms. The van der Waals surface area contributed by atoms with Crippen molar-refractivity contribution in [2.45, 2.75) is 43.9 Å². The lowest BCUT2D eigenvalue weighted by Gasteiger charge is -2.33. The third-order valence-electron chi connectivity index (χ3n) is 6.48. The van der Waals surface area contributed by atoms with Crippen molar-refractivity contribution in [1.29, 1.82) is 0 Å².